The summed E-state index contributed by atoms with van der Waals surface area (Å²) >= 11 is 3.16. The lowest BCUT2D eigenvalue weighted by Gasteiger charge is -2.10. The summed E-state index contributed by atoms with van der Waals surface area (Å²) in [4.78, 5) is 12.0. The van der Waals surface area contributed by atoms with Crippen LogP contribution < -0.4 is 5.32 Å². The zero-order chi connectivity index (χ0) is 14.0. The molecule has 0 heterocycles. The second kappa shape index (κ2) is 5.53. The molecule has 2 aromatic rings. The fourth-order valence-electron chi connectivity index (χ4n) is 1.75. The third-order valence-corrected chi connectivity index (χ3v) is 3.52. The largest absolute Gasteiger partial charge is 0.322 e. The molecule has 0 aliphatic carbocycles. The fourth-order valence-corrected chi connectivity index (χ4v) is 2.08. The monoisotopic (exact) mass is 321 g/mol. The van der Waals surface area contributed by atoms with Gasteiger partial charge in [0.25, 0.3) is 5.91 Å². The Hall–Kier alpha value is -1.68. The van der Waals surface area contributed by atoms with Gasteiger partial charge >= 0.3 is 0 Å². The number of nitrogens with one attached hydrogen (secondary N) is 1. The van der Waals surface area contributed by atoms with E-state index in [2.05, 4.69) is 21.2 Å². The van der Waals surface area contributed by atoms with Crippen LogP contribution in [-0.2, 0) is 0 Å². The minimum Gasteiger partial charge on any atom is -0.322 e. The Kier molecular flexibility index (Phi) is 4.00. The molecule has 0 saturated carbocycles. The summed E-state index contributed by atoms with van der Waals surface area (Å²) in [5.41, 5.74) is 2.79. The molecule has 19 heavy (non-hydrogen) atoms. The third-order valence-electron chi connectivity index (χ3n) is 3.03. The first kappa shape index (κ1) is 13.7. The van der Waals surface area contributed by atoms with Crippen molar-refractivity contribution < 1.29 is 9.18 Å². The fraction of sp³-hybridized carbons (Fsp3) is 0.133. The summed E-state index contributed by atoms with van der Waals surface area (Å²) in [5.74, 6) is -0.990. The summed E-state index contributed by atoms with van der Waals surface area (Å²) in [6, 6.07) is 10.00. The minimum absolute atomic E-state index is 0.0316. The van der Waals surface area contributed by atoms with Crippen LogP contribution in [0, 0.1) is 19.7 Å². The number of anilines is 1. The lowest BCUT2D eigenvalue weighted by atomic mass is 10.1. The van der Waals surface area contributed by atoms with Crippen LogP contribution in [0.25, 0.3) is 0 Å². The first-order valence-electron chi connectivity index (χ1n) is 5.81. The SMILES string of the molecule is Cc1cccc(NC(=O)c2ccc(Br)cc2F)c1C. The number of carbonyl (C=O) groups excluding carboxylic acids is 1. The molecule has 0 radical (unpaired) electrons. The Bertz CT molecular complexity index is 640. The van der Waals surface area contributed by atoms with E-state index in [1.165, 1.54) is 12.1 Å². The third kappa shape index (κ3) is 3.01. The maximum Gasteiger partial charge on any atom is 0.258 e. The summed E-state index contributed by atoms with van der Waals surface area (Å²) in [6.45, 7) is 3.88. The van der Waals surface area contributed by atoms with Crippen molar-refractivity contribution in [1.82, 2.24) is 0 Å². The molecule has 0 atom stereocenters. The van der Waals surface area contributed by atoms with Gasteiger partial charge in [-0.3, -0.25) is 4.79 Å². The highest BCUT2D eigenvalue weighted by Crippen LogP contribution is 2.20. The molecule has 0 aliphatic heterocycles. The van der Waals surface area contributed by atoms with E-state index < -0.39 is 11.7 Å². The smallest absolute Gasteiger partial charge is 0.258 e. The van der Waals surface area contributed by atoms with Gasteiger partial charge in [0, 0.05) is 10.2 Å². The van der Waals surface area contributed by atoms with E-state index in [1.807, 2.05) is 26.0 Å². The van der Waals surface area contributed by atoms with Crippen LogP contribution in [0.4, 0.5) is 10.1 Å². The number of carbonyl (C=O) groups is 1. The summed E-state index contributed by atoms with van der Waals surface area (Å²) in [5, 5.41) is 2.73. The van der Waals surface area contributed by atoms with Crippen LogP contribution in [0.3, 0.4) is 0 Å². The lowest BCUT2D eigenvalue weighted by molar-refractivity contribution is 0.102. The van der Waals surface area contributed by atoms with Crippen LogP contribution in [0.15, 0.2) is 40.9 Å². The molecule has 2 rings (SSSR count). The molecule has 0 saturated heterocycles. The number of aryl methyl sites for hydroxylation is 1. The summed E-state index contributed by atoms with van der Waals surface area (Å²) in [7, 11) is 0. The Morgan fingerprint density at radius 2 is 1.95 bits per heavy atom. The van der Waals surface area contributed by atoms with Crippen molar-refractivity contribution in [2.45, 2.75) is 13.8 Å². The Morgan fingerprint density at radius 1 is 1.21 bits per heavy atom. The average molecular weight is 322 g/mol. The predicted octanol–water partition coefficient (Wildman–Crippen LogP) is 4.46. The molecule has 98 valence electrons. The molecule has 0 unspecified atom stereocenters. The van der Waals surface area contributed by atoms with Crippen LogP contribution in [0.2, 0.25) is 0 Å². The Morgan fingerprint density at radius 3 is 2.63 bits per heavy atom. The van der Waals surface area contributed by atoms with Crippen molar-refractivity contribution in [3.63, 3.8) is 0 Å². The zero-order valence-electron chi connectivity index (χ0n) is 10.6. The standard InChI is InChI=1S/C15H13BrFNO/c1-9-4-3-5-14(10(9)2)18-15(19)12-7-6-11(16)8-13(12)17/h3-8H,1-2H3,(H,18,19). The van der Waals surface area contributed by atoms with Gasteiger partial charge in [0.05, 0.1) is 5.56 Å². The van der Waals surface area contributed by atoms with Crippen LogP contribution in [-0.4, -0.2) is 5.91 Å². The van der Waals surface area contributed by atoms with Crippen molar-refractivity contribution in [3.05, 3.63) is 63.4 Å². The Balaban J connectivity index is 2.28. The maximum atomic E-state index is 13.7. The molecule has 1 N–H and O–H groups in total. The van der Waals surface area contributed by atoms with E-state index in [0.29, 0.717) is 10.2 Å². The topological polar surface area (TPSA) is 29.1 Å². The van der Waals surface area contributed by atoms with Gasteiger partial charge in [-0.2, -0.15) is 0 Å². The number of benzene rings is 2. The van der Waals surface area contributed by atoms with E-state index in [9.17, 15) is 9.18 Å². The van der Waals surface area contributed by atoms with E-state index in [1.54, 1.807) is 12.1 Å². The molecular weight excluding hydrogens is 309 g/mol. The highest BCUT2D eigenvalue weighted by atomic mass is 79.9. The van der Waals surface area contributed by atoms with Crippen LogP contribution in [0.1, 0.15) is 21.5 Å². The number of hydrogen-bond donors (Lipinski definition) is 1. The van der Waals surface area contributed by atoms with Crippen molar-refractivity contribution in [1.29, 1.82) is 0 Å². The number of rotatable bonds is 2. The normalized spacial score (nSPS) is 10.3. The summed E-state index contributed by atoms with van der Waals surface area (Å²) in [6.07, 6.45) is 0. The van der Waals surface area contributed by atoms with Gasteiger partial charge in [-0.05, 0) is 49.2 Å². The average Bonchev–Trinajstić information content (AvgIpc) is 2.34. The number of amides is 1. The number of hydrogen-bond acceptors (Lipinski definition) is 1. The molecule has 4 heteroatoms. The van der Waals surface area contributed by atoms with Crippen molar-refractivity contribution >= 4 is 27.5 Å². The molecule has 0 aliphatic rings. The van der Waals surface area contributed by atoms with Gasteiger partial charge in [-0.15, -0.1) is 0 Å². The van der Waals surface area contributed by atoms with Gasteiger partial charge in [0.1, 0.15) is 5.82 Å². The van der Waals surface area contributed by atoms with E-state index >= 15 is 0 Å². The van der Waals surface area contributed by atoms with Crippen molar-refractivity contribution in [2.24, 2.45) is 0 Å². The quantitative estimate of drug-likeness (QED) is 0.869. The van der Waals surface area contributed by atoms with E-state index in [-0.39, 0.29) is 5.56 Å². The summed E-state index contributed by atoms with van der Waals surface area (Å²) < 4.78 is 14.3. The number of halogens is 2. The van der Waals surface area contributed by atoms with Crippen molar-refractivity contribution in [2.75, 3.05) is 5.32 Å². The molecule has 1 amide bonds. The molecule has 0 aromatic heterocycles. The second-order valence-electron chi connectivity index (χ2n) is 4.33. The van der Waals surface area contributed by atoms with Gasteiger partial charge in [-0.1, -0.05) is 28.1 Å². The molecule has 0 fully saturated rings. The van der Waals surface area contributed by atoms with Crippen LogP contribution >= 0.6 is 15.9 Å². The first-order valence-corrected chi connectivity index (χ1v) is 6.61. The zero-order valence-corrected chi connectivity index (χ0v) is 12.2. The maximum absolute atomic E-state index is 13.7. The van der Waals surface area contributed by atoms with Crippen LogP contribution in [0.5, 0.6) is 0 Å². The first-order chi connectivity index (χ1) is 8.99. The van der Waals surface area contributed by atoms with E-state index in [0.717, 1.165) is 11.1 Å². The molecule has 2 nitrogen and oxygen atoms in total. The predicted molar refractivity (Wildman–Crippen MR) is 78.0 cm³/mol. The molecular formula is C15H13BrFNO. The van der Waals surface area contributed by atoms with E-state index in [4.69, 9.17) is 0 Å². The molecule has 0 spiro atoms. The van der Waals surface area contributed by atoms with Crippen molar-refractivity contribution in [3.8, 4) is 0 Å². The molecule has 2 aromatic carbocycles. The van der Waals surface area contributed by atoms with Gasteiger partial charge in [0.2, 0.25) is 0 Å². The lowest BCUT2D eigenvalue weighted by Crippen LogP contribution is -2.14. The van der Waals surface area contributed by atoms with Gasteiger partial charge < -0.3 is 5.32 Å². The minimum atomic E-state index is -0.544. The van der Waals surface area contributed by atoms with Gasteiger partial charge in [-0.25, -0.2) is 4.39 Å². The van der Waals surface area contributed by atoms with Gasteiger partial charge in [0.15, 0.2) is 0 Å². The Labute approximate surface area is 119 Å². The molecule has 0 bridgehead atoms. The highest BCUT2D eigenvalue weighted by Gasteiger charge is 2.13. The highest BCUT2D eigenvalue weighted by molar-refractivity contribution is 9.10. The second-order valence-corrected chi connectivity index (χ2v) is 5.24.